The molecule has 0 saturated heterocycles. The second-order valence-electron chi connectivity index (χ2n) is 4.06. The van der Waals surface area contributed by atoms with E-state index in [0.717, 1.165) is 5.69 Å². The number of carbonyl (C=O) groups excluding carboxylic acids is 1. The summed E-state index contributed by atoms with van der Waals surface area (Å²) < 4.78 is 4.68. The third kappa shape index (κ3) is 4.03. The van der Waals surface area contributed by atoms with E-state index in [0.29, 0.717) is 5.11 Å². The molecule has 92 valence electrons. The van der Waals surface area contributed by atoms with Crippen LogP contribution in [-0.4, -0.2) is 23.7 Å². The van der Waals surface area contributed by atoms with Gasteiger partial charge in [-0.1, -0.05) is 18.2 Å². The monoisotopic (exact) mass is 252 g/mol. The first-order chi connectivity index (χ1) is 7.95. The van der Waals surface area contributed by atoms with E-state index in [4.69, 9.17) is 12.2 Å². The lowest BCUT2D eigenvalue weighted by atomic mass is 10.1. The summed E-state index contributed by atoms with van der Waals surface area (Å²) >= 11 is 5.12. The van der Waals surface area contributed by atoms with E-state index < -0.39 is 5.54 Å². The molecule has 2 N–H and O–H groups in total. The van der Waals surface area contributed by atoms with E-state index in [-0.39, 0.29) is 5.97 Å². The van der Waals surface area contributed by atoms with Crippen molar-refractivity contribution in [2.75, 3.05) is 12.4 Å². The van der Waals surface area contributed by atoms with Gasteiger partial charge in [0.05, 0.1) is 7.11 Å². The normalized spacial score (nSPS) is 10.5. The maximum Gasteiger partial charge on any atom is 0.330 e. The lowest BCUT2D eigenvalue weighted by Gasteiger charge is -2.24. The molecule has 0 aliphatic heterocycles. The fourth-order valence-electron chi connectivity index (χ4n) is 1.27. The van der Waals surface area contributed by atoms with Gasteiger partial charge in [-0.25, -0.2) is 4.79 Å². The molecule has 0 amide bonds. The van der Waals surface area contributed by atoms with Crippen molar-refractivity contribution < 1.29 is 9.53 Å². The molecule has 0 aliphatic rings. The van der Waals surface area contributed by atoms with Crippen molar-refractivity contribution in [3.8, 4) is 0 Å². The molecule has 17 heavy (non-hydrogen) atoms. The molecule has 0 heterocycles. The van der Waals surface area contributed by atoms with Gasteiger partial charge in [0.2, 0.25) is 0 Å². The predicted octanol–water partition coefficient (Wildman–Crippen LogP) is 1.92. The molecule has 1 rings (SSSR count). The summed E-state index contributed by atoms with van der Waals surface area (Å²) in [5.41, 5.74) is 0.0128. The minimum atomic E-state index is -0.854. The smallest absolute Gasteiger partial charge is 0.330 e. The number of rotatable bonds is 3. The van der Waals surface area contributed by atoms with Crippen LogP contribution in [0.1, 0.15) is 13.8 Å². The number of esters is 1. The number of anilines is 1. The summed E-state index contributed by atoms with van der Waals surface area (Å²) in [7, 11) is 1.35. The van der Waals surface area contributed by atoms with E-state index in [9.17, 15) is 4.79 Å². The second kappa shape index (κ2) is 5.63. The van der Waals surface area contributed by atoms with Crippen LogP contribution in [0.5, 0.6) is 0 Å². The highest BCUT2D eigenvalue weighted by molar-refractivity contribution is 7.80. The Kier molecular flexibility index (Phi) is 4.45. The van der Waals surface area contributed by atoms with Crippen molar-refractivity contribution in [2.24, 2.45) is 0 Å². The second-order valence-corrected chi connectivity index (χ2v) is 4.47. The zero-order valence-corrected chi connectivity index (χ0v) is 10.9. The topological polar surface area (TPSA) is 50.4 Å². The molecule has 0 aromatic heterocycles. The van der Waals surface area contributed by atoms with Gasteiger partial charge >= 0.3 is 5.97 Å². The van der Waals surface area contributed by atoms with Gasteiger partial charge in [0.15, 0.2) is 5.11 Å². The van der Waals surface area contributed by atoms with Crippen molar-refractivity contribution in [3.05, 3.63) is 30.3 Å². The lowest BCUT2D eigenvalue weighted by molar-refractivity contribution is -0.146. The third-order valence-electron chi connectivity index (χ3n) is 2.15. The molecule has 1 aromatic carbocycles. The molecule has 0 bridgehead atoms. The maximum atomic E-state index is 11.4. The SMILES string of the molecule is COC(=O)C(C)(C)NC(=S)Nc1ccccc1. The van der Waals surface area contributed by atoms with Crippen molar-refractivity contribution >= 4 is 29.0 Å². The number of hydrogen-bond acceptors (Lipinski definition) is 3. The number of methoxy groups -OCH3 is 1. The summed E-state index contributed by atoms with van der Waals surface area (Å²) in [5.74, 6) is -0.366. The van der Waals surface area contributed by atoms with Gasteiger partial charge in [0.1, 0.15) is 5.54 Å². The largest absolute Gasteiger partial charge is 0.467 e. The van der Waals surface area contributed by atoms with E-state index in [1.807, 2.05) is 30.3 Å². The summed E-state index contributed by atoms with van der Waals surface area (Å²) in [6.07, 6.45) is 0. The molecule has 0 unspecified atom stereocenters. The highest BCUT2D eigenvalue weighted by atomic mass is 32.1. The fraction of sp³-hybridized carbons (Fsp3) is 0.333. The quantitative estimate of drug-likeness (QED) is 0.636. The molecule has 4 nitrogen and oxygen atoms in total. The van der Waals surface area contributed by atoms with Crippen molar-refractivity contribution in [2.45, 2.75) is 19.4 Å². The van der Waals surface area contributed by atoms with Crippen LogP contribution in [-0.2, 0) is 9.53 Å². The molecule has 0 spiro atoms. The van der Waals surface area contributed by atoms with Crippen molar-refractivity contribution in [1.29, 1.82) is 0 Å². The van der Waals surface area contributed by atoms with Crippen LogP contribution in [0, 0.1) is 0 Å². The zero-order valence-electron chi connectivity index (χ0n) is 10.1. The minimum absolute atomic E-state index is 0.366. The number of para-hydroxylation sites is 1. The Balaban J connectivity index is 2.59. The maximum absolute atomic E-state index is 11.4. The Labute approximate surface area is 106 Å². The van der Waals surface area contributed by atoms with Gasteiger partial charge in [0, 0.05) is 5.69 Å². The van der Waals surface area contributed by atoms with Gasteiger partial charge in [-0.2, -0.15) is 0 Å². The molecule has 1 aromatic rings. The number of benzene rings is 1. The van der Waals surface area contributed by atoms with Crippen molar-refractivity contribution in [1.82, 2.24) is 5.32 Å². The van der Waals surface area contributed by atoms with Crippen LogP contribution in [0.25, 0.3) is 0 Å². The molecule has 0 aliphatic carbocycles. The minimum Gasteiger partial charge on any atom is -0.467 e. The fourth-order valence-corrected chi connectivity index (χ4v) is 1.65. The van der Waals surface area contributed by atoms with Gasteiger partial charge < -0.3 is 15.4 Å². The molecule has 0 atom stereocenters. The molecule has 5 heteroatoms. The molecule has 0 radical (unpaired) electrons. The molecule has 0 fully saturated rings. The van der Waals surface area contributed by atoms with Crippen LogP contribution in [0.2, 0.25) is 0 Å². The zero-order chi connectivity index (χ0) is 12.9. The van der Waals surface area contributed by atoms with Crippen LogP contribution in [0.15, 0.2) is 30.3 Å². The van der Waals surface area contributed by atoms with Crippen LogP contribution < -0.4 is 10.6 Å². The Morgan fingerprint density at radius 2 is 1.88 bits per heavy atom. The Hall–Kier alpha value is -1.62. The predicted molar refractivity (Wildman–Crippen MR) is 71.9 cm³/mol. The standard InChI is InChI=1S/C12H16N2O2S/c1-12(2,10(15)16-3)14-11(17)13-9-7-5-4-6-8-9/h4-8H,1-3H3,(H2,13,14,17). The summed E-state index contributed by atoms with van der Waals surface area (Å²) in [6, 6.07) is 9.49. The first-order valence-electron chi connectivity index (χ1n) is 5.18. The van der Waals surface area contributed by atoms with Gasteiger partial charge in [-0.15, -0.1) is 0 Å². The van der Waals surface area contributed by atoms with Crippen LogP contribution in [0.4, 0.5) is 5.69 Å². The number of nitrogens with one attached hydrogen (secondary N) is 2. The Bertz CT molecular complexity index is 404. The number of hydrogen-bond donors (Lipinski definition) is 2. The molecular weight excluding hydrogens is 236 g/mol. The van der Waals surface area contributed by atoms with E-state index in [1.165, 1.54) is 7.11 Å². The van der Waals surface area contributed by atoms with E-state index >= 15 is 0 Å². The number of carbonyl (C=O) groups is 1. The van der Waals surface area contributed by atoms with Gasteiger partial charge in [0.25, 0.3) is 0 Å². The average Bonchev–Trinajstić information content (AvgIpc) is 2.28. The van der Waals surface area contributed by atoms with Gasteiger partial charge in [-0.05, 0) is 38.2 Å². The Morgan fingerprint density at radius 1 is 1.29 bits per heavy atom. The van der Waals surface area contributed by atoms with E-state index in [1.54, 1.807) is 13.8 Å². The summed E-state index contributed by atoms with van der Waals surface area (Å²) in [5, 5.41) is 6.27. The van der Waals surface area contributed by atoms with E-state index in [2.05, 4.69) is 15.4 Å². The van der Waals surface area contributed by atoms with Crippen LogP contribution >= 0.6 is 12.2 Å². The number of ether oxygens (including phenoxy) is 1. The first kappa shape index (κ1) is 13.4. The highest BCUT2D eigenvalue weighted by Crippen LogP contribution is 2.08. The Morgan fingerprint density at radius 3 is 2.41 bits per heavy atom. The average molecular weight is 252 g/mol. The highest BCUT2D eigenvalue weighted by Gasteiger charge is 2.29. The van der Waals surface area contributed by atoms with Crippen molar-refractivity contribution in [3.63, 3.8) is 0 Å². The lowest BCUT2D eigenvalue weighted by Crippen LogP contribution is -2.51. The summed E-state index contributed by atoms with van der Waals surface area (Å²) in [4.78, 5) is 11.4. The first-order valence-corrected chi connectivity index (χ1v) is 5.59. The number of thiocarbonyl (C=S) groups is 1. The molecule has 0 saturated carbocycles. The molecular formula is C12H16N2O2S. The van der Waals surface area contributed by atoms with Crippen LogP contribution in [0.3, 0.4) is 0 Å². The third-order valence-corrected chi connectivity index (χ3v) is 2.36. The summed E-state index contributed by atoms with van der Waals surface area (Å²) in [6.45, 7) is 3.41. The van der Waals surface area contributed by atoms with Gasteiger partial charge in [-0.3, -0.25) is 0 Å².